The standard InChI is InChI=1S/C14H16O3/c1-2-13(16)10-4-3-5-11(8-10)14-9-12(15)6-7-17-14/h3-8,13-14,16H,2,9H2,1H3/t13-,14+/m0/s1. The molecule has 2 atom stereocenters. The van der Waals surface area contributed by atoms with Crippen LogP contribution in [0.4, 0.5) is 0 Å². The maximum absolute atomic E-state index is 11.3. The number of allylic oxidation sites excluding steroid dienone is 1. The Hall–Kier alpha value is -1.61. The Morgan fingerprint density at radius 1 is 1.53 bits per heavy atom. The molecule has 1 aliphatic rings. The van der Waals surface area contributed by atoms with Crippen LogP contribution in [0.5, 0.6) is 0 Å². The van der Waals surface area contributed by atoms with Crippen LogP contribution < -0.4 is 0 Å². The van der Waals surface area contributed by atoms with Crippen molar-refractivity contribution < 1.29 is 14.6 Å². The average Bonchev–Trinajstić information content (AvgIpc) is 2.38. The largest absolute Gasteiger partial charge is 0.493 e. The van der Waals surface area contributed by atoms with Gasteiger partial charge in [0.25, 0.3) is 0 Å². The number of ether oxygens (including phenoxy) is 1. The van der Waals surface area contributed by atoms with E-state index in [0.717, 1.165) is 11.1 Å². The van der Waals surface area contributed by atoms with E-state index in [4.69, 9.17) is 4.74 Å². The Labute approximate surface area is 101 Å². The second kappa shape index (κ2) is 5.15. The number of hydrogen-bond donors (Lipinski definition) is 1. The SMILES string of the molecule is CC[C@H](O)c1cccc([C@H]2CC(=O)C=CO2)c1. The van der Waals surface area contributed by atoms with Crippen LogP contribution in [0.25, 0.3) is 0 Å². The molecule has 3 heteroatoms. The molecule has 1 N–H and O–H groups in total. The lowest BCUT2D eigenvalue weighted by Crippen LogP contribution is -2.11. The topological polar surface area (TPSA) is 46.5 Å². The van der Waals surface area contributed by atoms with Crippen molar-refractivity contribution >= 4 is 5.78 Å². The monoisotopic (exact) mass is 232 g/mol. The zero-order valence-corrected chi connectivity index (χ0v) is 9.80. The summed E-state index contributed by atoms with van der Waals surface area (Å²) in [4.78, 5) is 11.3. The van der Waals surface area contributed by atoms with Crippen molar-refractivity contribution in [1.82, 2.24) is 0 Å². The molecule has 2 rings (SSSR count). The molecule has 0 radical (unpaired) electrons. The Kier molecular flexibility index (Phi) is 3.59. The molecule has 1 aliphatic heterocycles. The van der Waals surface area contributed by atoms with Crippen LogP contribution >= 0.6 is 0 Å². The van der Waals surface area contributed by atoms with Crippen molar-refractivity contribution in [2.24, 2.45) is 0 Å². The van der Waals surface area contributed by atoms with Crippen LogP contribution in [-0.2, 0) is 9.53 Å². The van der Waals surface area contributed by atoms with Crippen LogP contribution in [0.1, 0.15) is 43.1 Å². The van der Waals surface area contributed by atoms with E-state index in [1.165, 1.54) is 12.3 Å². The van der Waals surface area contributed by atoms with E-state index in [0.29, 0.717) is 12.8 Å². The third-order valence-corrected chi connectivity index (χ3v) is 2.94. The first-order chi connectivity index (χ1) is 8.20. The summed E-state index contributed by atoms with van der Waals surface area (Å²) in [7, 11) is 0. The van der Waals surface area contributed by atoms with Crippen LogP contribution in [0, 0.1) is 0 Å². The second-order valence-corrected chi connectivity index (χ2v) is 4.19. The van der Waals surface area contributed by atoms with Gasteiger partial charge in [-0.25, -0.2) is 0 Å². The summed E-state index contributed by atoms with van der Waals surface area (Å²) >= 11 is 0. The molecule has 17 heavy (non-hydrogen) atoms. The maximum atomic E-state index is 11.3. The molecule has 1 heterocycles. The molecule has 3 nitrogen and oxygen atoms in total. The van der Waals surface area contributed by atoms with Gasteiger partial charge in [-0.15, -0.1) is 0 Å². The van der Waals surface area contributed by atoms with Crippen molar-refractivity contribution in [2.75, 3.05) is 0 Å². The molecule has 0 fully saturated rings. The maximum Gasteiger partial charge on any atom is 0.162 e. The molecule has 1 aromatic carbocycles. The predicted molar refractivity (Wildman–Crippen MR) is 64.3 cm³/mol. The first-order valence-corrected chi connectivity index (χ1v) is 5.83. The molecule has 0 aliphatic carbocycles. The highest BCUT2D eigenvalue weighted by atomic mass is 16.5. The van der Waals surface area contributed by atoms with Gasteiger partial charge in [-0.3, -0.25) is 4.79 Å². The van der Waals surface area contributed by atoms with Crippen LogP contribution in [0.3, 0.4) is 0 Å². The van der Waals surface area contributed by atoms with E-state index in [1.54, 1.807) is 0 Å². The van der Waals surface area contributed by atoms with Gasteiger partial charge in [-0.2, -0.15) is 0 Å². The van der Waals surface area contributed by atoms with E-state index in [1.807, 2.05) is 31.2 Å². The number of aliphatic hydroxyl groups is 1. The van der Waals surface area contributed by atoms with Gasteiger partial charge in [-0.1, -0.05) is 25.1 Å². The summed E-state index contributed by atoms with van der Waals surface area (Å²) in [6.07, 6.45) is 3.25. The van der Waals surface area contributed by atoms with Crippen LogP contribution in [0.15, 0.2) is 36.6 Å². The highest BCUT2D eigenvalue weighted by molar-refractivity contribution is 5.90. The lowest BCUT2D eigenvalue weighted by Gasteiger charge is -2.20. The minimum absolute atomic E-state index is 0.0719. The van der Waals surface area contributed by atoms with Crippen molar-refractivity contribution in [1.29, 1.82) is 0 Å². The van der Waals surface area contributed by atoms with Gasteiger partial charge < -0.3 is 9.84 Å². The zero-order valence-electron chi connectivity index (χ0n) is 9.80. The normalized spacial score (nSPS) is 21.1. The Balaban J connectivity index is 2.21. The summed E-state index contributed by atoms with van der Waals surface area (Å²) in [5.41, 5.74) is 1.81. The fraction of sp³-hybridized carbons (Fsp3) is 0.357. The van der Waals surface area contributed by atoms with E-state index in [2.05, 4.69) is 0 Å². The van der Waals surface area contributed by atoms with Gasteiger partial charge in [0.2, 0.25) is 0 Å². The summed E-state index contributed by atoms with van der Waals surface area (Å²) in [6.45, 7) is 1.93. The highest BCUT2D eigenvalue weighted by Crippen LogP contribution is 2.27. The number of aliphatic hydroxyl groups excluding tert-OH is 1. The molecule has 0 bridgehead atoms. The molecular formula is C14H16O3. The zero-order chi connectivity index (χ0) is 12.3. The van der Waals surface area contributed by atoms with Crippen LogP contribution in [-0.4, -0.2) is 10.9 Å². The van der Waals surface area contributed by atoms with Gasteiger partial charge >= 0.3 is 0 Å². The quantitative estimate of drug-likeness (QED) is 0.871. The molecule has 0 aromatic heterocycles. The van der Waals surface area contributed by atoms with E-state index in [9.17, 15) is 9.90 Å². The van der Waals surface area contributed by atoms with E-state index >= 15 is 0 Å². The lowest BCUT2D eigenvalue weighted by atomic mass is 9.98. The van der Waals surface area contributed by atoms with E-state index < -0.39 is 6.10 Å². The smallest absolute Gasteiger partial charge is 0.162 e. The molecule has 0 saturated carbocycles. The van der Waals surface area contributed by atoms with Gasteiger partial charge in [0.1, 0.15) is 6.10 Å². The number of carbonyl (C=O) groups excluding carboxylic acids is 1. The minimum atomic E-state index is -0.454. The van der Waals surface area contributed by atoms with Crippen LogP contribution in [0.2, 0.25) is 0 Å². The van der Waals surface area contributed by atoms with Crippen molar-refractivity contribution in [3.8, 4) is 0 Å². The summed E-state index contributed by atoms with van der Waals surface area (Å²) in [5, 5.41) is 9.78. The third kappa shape index (κ3) is 2.74. The Morgan fingerprint density at radius 2 is 2.35 bits per heavy atom. The minimum Gasteiger partial charge on any atom is -0.493 e. The fourth-order valence-electron chi connectivity index (χ4n) is 1.91. The number of hydrogen-bond acceptors (Lipinski definition) is 3. The summed E-state index contributed by atoms with van der Waals surface area (Å²) in [5.74, 6) is 0.0719. The lowest BCUT2D eigenvalue weighted by molar-refractivity contribution is -0.118. The first kappa shape index (κ1) is 11.9. The molecule has 90 valence electrons. The van der Waals surface area contributed by atoms with Gasteiger partial charge in [0, 0.05) is 6.08 Å². The first-order valence-electron chi connectivity index (χ1n) is 5.83. The molecule has 1 aromatic rings. The van der Waals surface area contributed by atoms with Gasteiger partial charge in [0.05, 0.1) is 18.8 Å². The average molecular weight is 232 g/mol. The predicted octanol–water partition coefficient (Wildman–Crippen LogP) is 2.67. The summed E-state index contributed by atoms with van der Waals surface area (Å²) < 4.78 is 5.42. The third-order valence-electron chi connectivity index (χ3n) is 2.94. The molecule has 0 unspecified atom stereocenters. The van der Waals surface area contributed by atoms with Gasteiger partial charge in [0.15, 0.2) is 5.78 Å². The summed E-state index contributed by atoms with van der Waals surface area (Å²) in [6, 6.07) is 7.60. The van der Waals surface area contributed by atoms with Crippen molar-refractivity contribution in [3.05, 3.63) is 47.7 Å². The van der Waals surface area contributed by atoms with Crippen molar-refractivity contribution in [2.45, 2.75) is 32.0 Å². The number of rotatable bonds is 3. The molecule has 0 spiro atoms. The molecular weight excluding hydrogens is 216 g/mol. The number of carbonyl (C=O) groups is 1. The van der Waals surface area contributed by atoms with E-state index in [-0.39, 0.29) is 11.9 Å². The Bertz CT molecular complexity index is 437. The number of benzene rings is 1. The fourth-order valence-corrected chi connectivity index (χ4v) is 1.91. The highest BCUT2D eigenvalue weighted by Gasteiger charge is 2.19. The second-order valence-electron chi connectivity index (χ2n) is 4.19. The molecule has 0 amide bonds. The Morgan fingerprint density at radius 3 is 3.06 bits per heavy atom. The molecule has 0 saturated heterocycles. The van der Waals surface area contributed by atoms with Crippen molar-refractivity contribution in [3.63, 3.8) is 0 Å². The van der Waals surface area contributed by atoms with Gasteiger partial charge in [-0.05, 0) is 23.6 Å². The number of ketones is 1.